The minimum atomic E-state index is -0.545. The minimum absolute atomic E-state index is 0.0389. The van der Waals surface area contributed by atoms with Gasteiger partial charge in [-0.15, -0.1) is 0 Å². The van der Waals surface area contributed by atoms with Gasteiger partial charge < -0.3 is 24.8 Å². The Morgan fingerprint density at radius 1 is 1.06 bits per heavy atom. The fourth-order valence-electron chi connectivity index (χ4n) is 4.00. The molecule has 3 rings (SSSR count). The summed E-state index contributed by atoms with van der Waals surface area (Å²) in [6.07, 6.45) is 2.25. The van der Waals surface area contributed by atoms with Gasteiger partial charge in [-0.2, -0.15) is 0 Å². The van der Waals surface area contributed by atoms with Gasteiger partial charge in [0, 0.05) is 31.0 Å². The van der Waals surface area contributed by atoms with E-state index in [-0.39, 0.29) is 24.0 Å². The first kappa shape index (κ1) is 23.4. The van der Waals surface area contributed by atoms with Gasteiger partial charge in [-0.1, -0.05) is 6.07 Å². The topological polar surface area (TPSA) is 85.9 Å². The summed E-state index contributed by atoms with van der Waals surface area (Å²) in [7, 11) is 4.56. The molecule has 2 aromatic carbocycles. The quantitative estimate of drug-likeness (QED) is 0.588. The molecular formula is C24H29FN2O5. The number of rotatable bonds is 10. The second-order valence-corrected chi connectivity index (χ2v) is 7.97. The third-order valence-corrected chi connectivity index (χ3v) is 5.72. The average molecular weight is 445 g/mol. The monoisotopic (exact) mass is 444 g/mol. The van der Waals surface area contributed by atoms with Crippen molar-refractivity contribution < 1.29 is 28.2 Å². The third-order valence-electron chi connectivity index (χ3n) is 5.72. The summed E-state index contributed by atoms with van der Waals surface area (Å²) in [5, 5.41) is 5.95. The predicted molar refractivity (Wildman–Crippen MR) is 117 cm³/mol. The smallest absolute Gasteiger partial charge is 0.220 e. The van der Waals surface area contributed by atoms with E-state index in [1.54, 1.807) is 32.4 Å². The molecule has 2 amide bonds. The van der Waals surface area contributed by atoms with Crippen LogP contribution in [-0.4, -0.2) is 38.7 Å². The zero-order valence-electron chi connectivity index (χ0n) is 18.6. The first-order valence-corrected chi connectivity index (χ1v) is 10.5. The molecule has 172 valence electrons. The fraction of sp³-hybridized carbons (Fsp3) is 0.417. The van der Waals surface area contributed by atoms with Crippen molar-refractivity contribution in [1.29, 1.82) is 0 Å². The van der Waals surface area contributed by atoms with Gasteiger partial charge in [-0.3, -0.25) is 9.59 Å². The van der Waals surface area contributed by atoms with Crippen LogP contribution in [0, 0.1) is 5.82 Å². The van der Waals surface area contributed by atoms with Gasteiger partial charge >= 0.3 is 0 Å². The molecule has 1 unspecified atom stereocenters. The number of methoxy groups -OCH3 is 3. The number of hydrogen-bond donors (Lipinski definition) is 2. The first-order valence-electron chi connectivity index (χ1n) is 10.5. The Hall–Kier alpha value is -3.29. The van der Waals surface area contributed by atoms with Crippen LogP contribution >= 0.6 is 0 Å². The lowest BCUT2D eigenvalue weighted by atomic mass is 9.85. The van der Waals surface area contributed by atoms with E-state index in [0.717, 1.165) is 11.1 Å². The predicted octanol–water partition coefficient (Wildman–Crippen LogP) is 3.14. The van der Waals surface area contributed by atoms with Gasteiger partial charge in [-0.05, 0) is 54.7 Å². The van der Waals surface area contributed by atoms with Crippen LogP contribution in [0.25, 0.3) is 0 Å². The van der Waals surface area contributed by atoms with Gasteiger partial charge in [0.25, 0.3) is 0 Å². The Morgan fingerprint density at radius 2 is 1.78 bits per heavy atom. The lowest BCUT2D eigenvalue weighted by molar-refractivity contribution is -0.122. The van der Waals surface area contributed by atoms with Crippen LogP contribution < -0.4 is 24.8 Å². The second kappa shape index (κ2) is 10.3. The van der Waals surface area contributed by atoms with Crippen molar-refractivity contribution in [1.82, 2.24) is 10.6 Å². The summed E-state index contributed by atoms with van der Waals surface area (Å²) < 4.78 is 29.3. The van der Waals surface area contributed by atoms with Gasteiger partial charge in [-0.25, -0.2) is 4.39 Å². The number of carbonyl (C=O) groups excluding carboxylic acids is 2. The molecule has 1 heterocycles. The van der Waals surface area contributed by atoms with Crippen LogP contribution in [0.1, 0.15) is 36.8 Å². The Morgan fingerprint density at radius 3 is 2.38 bits per heavy atom. The number of ether oxygens (including phenoxy) is 3. The normalized spacial score (nSPS) is 17.6. The molecule has 1 fully saturated rings. The van der Waals surface area contributed by atoms with Crippen molar-refractivity contribution in [2.24, 2.45) is 0 Å². The number of hydrogen-bond acceptors (Lipinski definition) is 5. The minimum Gasteiger partial charge on any atom is -0.497 e. The van der Waals surface area contributed by atoms with Crippen LogP contribution in [0.4, 0.5) is 4.39 Å². The lowest BCUT2D eigenvalue weighted by Gasteiger charge is -2.29. The molecular weight excluding hydrogens is 415 g/mol. The van der Waals surface area contributed by atoms with Gasteiger partial charge in [0.05, 0.1) is 21.3 Å². The van der Waals surface area contributed by atoms with Crippen molar-refractivity contribution >= 4 is 11.8 Å². The van der Waals surface area contributed by atoms with Crippen LogP contribution in [0.2, 0.25) is 0 Å². The Labute approximate surface area is 187 Å². The number of halogens is 1. The average Bonchev–Trinajstić information content (AvgIpc) is 3.17. The number of amides is 2. The van der Waals surface area contributed by atoms with Crippen molar-refractivity contribution in [3.05, 3.63) is 53.3 Å². The zero-order chi connectivity index (χ0) is 23.1. The summed E-state index contributed by atoms with van der Waals surface area (Å²) in [5.41, 5.74) is 1.15. The van der Waals surface area contributed by atoms with Crippen molar-refractivity contribution in [2.45, 2.75) is 44.2 Å². The Balaban J connectivity index is 1.62. The SMILES string of the molecule is COc1cc(CNC(=O)CCC2(Cc3ccc(F)c(OC)c3)CCC(=O)N2)cc(OC)c1. The van der Waals surface area contributed by atoms with Gasteiger partial charge in [0.15, 0.2) is 11.6 Å². The van der Waals surface area contributed by atoms with Crippen molar-refractivity contribution in [3.8, 4) is 17.2 Å². The number of nitrogens with one attached hydrogen (secondary N) is 2. The molecule has 1 aliphatic heterocycles. The van der Waals surface area contributed by atoms with E-state index < -0.39 is 11.4 Å². The molecule has 0 radical (unpaired) electrons. The van der Waals surface area contributed by atoms with E-state index in [1.165, 1.54) is 13.2 Å². The number of carbonyl (C=O) groups is 2. The maximum absolute atomic E-state index is 13.8. The molecule has 32 heavy (non-hydrogen) atoms. The van der Waals surface area contributed by atoms with Crippen molar-refractivity contribution in [2.75, 3.05) is 21.3 Å². The molecule has 1 saturated heterocycles. The molecule has 7 nitrogen and oxygen atoms in total. The molecule has 0 aliphatic carbocycles. The summed E-state index contributed by atoms with van der Waals surface area (Å²) >= 11 is 0. The largest absolute Gasteiger partial charge is 0.497 e. The summed E-state index contributed by atoms with van der Waals surface area (Å²) in [6.45, 7) is 0.334. The van der Waals surface area contributed by atoms with E-state index in [2.05, 4.69) is 10.6 Å². The molecule has 0 saturated carbocycles. The number of benzene rings is 2. The Kier molecular flexibility index (Phi) is 7.56. The molecule has 2 aromatic rings. The highest BCUT2D eigenvalue weighted by Crippen LogP contribution is 2.31. The summed E-state index contributed by atoms with van der Waals surface area (Å²) in [4.78, 5) is 24.5. The van der Waals surface area contributed by atoms with Crippen LogP contribution in [-0.2, 0) is 22.6 Å². The second-order valence-electron chi connectivity index (χ2n) is 7.97. The van der Waals surface area contributed by atoms with E-state index in [4.69, 9.17) is 14.2 Å². The van der Waals surface area contributed by atoms with Gasteiger partial charge in [0.1, 0.15) is 11.5 Å². The molecule has 8 heteroatoms. The van der Waals surface area contributed by atoms with E-state index in [9.17, 15) is 14.0 Å². The van der Waals surface area contributed by atoms with E-state index in [0.29, 0.717) is 43.7 Å². The molecule has 1 aliphatic rings. The fourth-order valence-corrected chi connectivity index (χ4v) is 4.00. The van der Waals surface area contributed by atoms with Crippen LogP contribution in [0.15, 0.2) is 36.4 Å². The molecule has 2 N–H and O–H groups in total. The highest BCUT2D eigenvalue weighted by molar-refractivity contribution is 5.80. The first-order chi connectivity index (χ1) is 15.4. The summed E-state index contributed by atoms with van der Waals surface area (Å²) in [5.74, 6) is 0.863. The summed E-state index contributed by atoms with van der Waals surface area (Å²) in [6, 6.07) is 10.1. The molecule has 0 aromatic heterocycles. The van der Waals surface area contributed by atoms with E-state index >= 15 is 0 Å². The zero-order valence-corrected chi connectivity index (χ0v) is 18.6. The van der Waals surface area contributed by atoms with Crippen molar-refractivity contribution in [3.63, 3.8) is 0 Å². The highest BCUT2D eigenvalue weighted by atomic mass is 19.1. The van der Waals surface area contributed by atoms with E-state index in [1.807, 2.05) is 12.1 Å². The highest BCUT2D eigenvalue weighted by Gasteiger charge is 2.38. The standard InChI is InChI=1S/C24H29FN2O5/c1-30-18-10-17(11-19(13-18)31-2)15-26-22(28)6-8-24(9-7-23(29)27-24)14-16-4-5-20(25)21(12-16)32-3/h4-5,10-13H,6-9,14-15H2,1-3H3,(H,26,28)(H,27,29). The third kappa shape index (κ3) is 5.90. The maximum Gasteiger partial charge on any atom is 0.220 e. The molecule has 1 atom stereocenters. The molecule has 0 bridgehead atoms. The van der Waals surface area contributed by atoms with Crippen LogP contribution in [0.3, 0.4) is 0 Å². The maximum atomic E-state index is 13.8. The van der Waals surface area contributed by atoms with Crippen LogP contribution in [0.5, 0.6) is 17.2 Å². The molecule has 0 spiro atoms. The Bertz CT molecular complexity index is 959. The lowest BCUT2D eigenvalue weighted by Crippen LogP contribution is -2.44. The van der Waals surface area contributed by atoms with Gasteiger partial charge in [0.2, 0.25) is 11.8 Å².